The Kier molecular flexibility index (Phi) is 5.25. The average molecular weight is 358 g/mol. The van der Waals surface area contributed by atoms with E-state index in [1.807, 2.05) is 5.32 Å². The molecule has 0 radical (unpaired) electrons. The van der Waals surface area contributed by atoms with Crippen molar-refractivity contribution in [2.45, 2.75) is 12.7 Å². The van der Waals surface area contributed by atoms with Crippen LogP contribution in [0, 0.1) is 0 Å². The molecule has 0 aliphatic rings. The number of rotatable bonds is 5. The minimum Gasteiger partial charge on any atom is -0.345 e. The summed E-state index contributed by atoms with van der Waals surface area (Å²) in [4.78, 5) is 49.4. The molecule has 0 aliphatic carbocycles. The number of halogens is 3. The molecule has 0 spiro atoms. The number of carbonyl (C=O) groups is 2. The quantitative estimate of drug-likeness (QED) is 0.668. The molecule has 1 heterocycles. The van der Waals surface area contributed by atoms with Crippen LogP contribution in [0.25, 0.3) is 10.9 Å². The molecule has 2 rings (SSSR count). The summed E-state index contributed by atoms with van der Waals surface area (Å²) in [5, 5.41) is 3.80. The standard InChI is InChI=1S/C14H13F3N4O4/c15-14(16,17)7-19-10(22)5-18-11(23)6-21-12(24)8-3-1-2-4-9(8)20-13(21)25/h1-4H,5-7H2,(H,18,23)(H,19,22)(H,20,25). The zero-order valence-electron chi connectivity index (χ0n) is 12.6. The molecule has 2 aromatic rings. The maximum absolute atomic E-state index is 12.2. The van der Waals surface area contributed by atoms with Crippen molar-refractivity contribution >= 4 is 22.7 Å². The number of amides is 2. The predicted molar refractivity (Wildman–Crippen MR) is 80.9 cm³/mol. The molecule has 0 aliphatic heterocycles. The number of H-pyrrole nitrogens is 1. The van der Waals surface area contributed by atoms with Crippen molar-refractivity contribution in [3.05, 3.63) is 45.1 Å². The first-order valence-electron chi connectivity index (χ1n) is 6.99. The lowest BCUT2D eigenvalue weighted by molar-refractivity contribution is -0.138. The lowest BCUT2D eigenvalue weighted by Gasteiger charge is -2.10. The van der Waals surface area contributed by atoms with Crippen molar-refractivity contribution < 1.29 is 22.8 Å². The number of hydrogen-bond acceptors (Lipinski definition) is 4. The van der Waals surface area contributed by atoms with Gasteiger partial charge in [-0.25, -0.2) is 4.79 Å². The highest BCUT2D eigenvalue weighted by Gasteiger charge is 2.27. The van der Waals surface area contributed by atoms with Crippen LogP contribution >= 0.6 is 0 Å². The minimum atomic E-state index is -4.56. The predicted octanol–water partition coefficient (Wildman–Crippen LogP) is -0.515. The van der Waals surface area contributed by atoms with Crippen LogP contribution in [0.1, 0.15) is 0 Å². The van der Waals surface area contributed by atoms with Gasteiger partial charge in [0.1, 0.15) is 13.1 Å². The summed E-state index contributed by atoms with van der Waals surface area (Å²) in [5.74, 6) is -1.92. The molecule has 8 nitrogen and oxygen atoms in total. The van der Waals surface area contributed by atoms with E-state index in [1.54, 1.807) is 17.4 Å². The number of nitrogens with zero attached hydrogens (tertiary/aromatic N) is 1. The normalized spacial score (nSPS) is 11.3. The van der Waals surface area contributed by atoms with Gasteiger partial charge in [-0.1, -0.05) is 12.1 Å². The number of nitrogens with one attached hydrogen (secondary N) is 3. The van der Waals surface area contributed by atoms with Crippen molar-refractivity contribution in [3.8, 4) is 0 Å². The largest absolute Gasteiger partial charge is 0.405 e. The lowest BCUT2D eigenvalue weighted by atomic mass is 10.2. The fraction of sp³-hybridized carbons (Fsp3) is 0.286. The summed E-state index contributed by atoms with van der Waals surface area (Å²) in [6.45, 7) is -2.91. The van der Waals surface area contributed by atoms with Crippen LogP contribution in [-0.4, -0.2) is 40.6 Å². The number of hydrogen-bond donors (Lipinski definition) is 3. The summed E-state index contributed by atoms with van der Waals surface area (Å²) in [6.07, 6.45) is -4.56. The molecule has 25 heavy (non-hydrogen) atoms. The topological polar surface area (TPSA) is 113 Å². The Balaban J connectivity index is 2.02. The SMILES string of the molecule is O=C(CNC(=O)Cn1c(=O)[nH]c2ccccc2c1=O)NCC(F)(F)F. The van der Waals surface area contributed by atoms with E-state index in [1.165, 1.54) is 12.1 Å². The van der Waals surface area contributed by atoms with E-state index in [9.17, 15) is 32.3 Å². The Labute approximate surface area is 137 Å². The molecule has 0 bridgehead atoms. The summed E-state index contributed by atoms with van der Waals surface area (Å²) in [6, 6.07) is 6.19. The van der Waals surface area contributed by atoms with Gasteiger partial charge >= 0.3 is 11.9 Å². The molecule has 0 saturated heterocycles. The van der Waals surface area contributed by atoms with E-state index in [0.717, 1.165) is 0 Å². The first-order valence-corrected chi connectivity index (χ1v) is 6.99. The highest BCUT2D eigenvalue weighted by molar-refractivity contribution is 5.84. The monoisotopic (exact) mass is 358 g/mol. The molecule has 0 atom stereocenters. The van der Waals surface area contributed by atoms with Gasteiger partial charge in [0.05, 0.1) is 17.4 Å². The summed E-state index contributed by atoms with van der Waals surface area (Å²) in [7, 11) is 0. The third-order valence-corrected chi connectivity index (χ3v) is 3.12. The van der Waals surface area contributed by atoms with Crippen molar-refractivity contribution in [3.63, 3.8) is 0 Å². The van der Waals surface area contributed by atoms with Gasteiger partial charge in [-0.05, 0) is 12.1 Å². The third-order valence-electron chi connectivity index (χ3n) is 3.12. The van der Waals surface area contributed by atoms with Crippen molar-refractivity contribution in [1.29, 1.82) is 0 Å². The molecule has 2 amide bonds. The molecule has 134 valence electrons. The van der Waals surface area contributed by atoms with Crippen LogP contribution in [0.2, 0.25) is 0 Å². The minimum absolute atomic E-state index is 0.192. The van der Waals surface area contributed by atoms with Gasteiger partial charge in [0.2, 0.25) is 11.8 Å². The molecular weight excluding hydrogens is 345 g/mol. The maximum atomic E-state index is 12.2. The van der Waals surface area contributed by atoms with Gasteiger partial charge in [0, 0.05) is 0 Å². The highest BCUT2D eigenvalue weighted by atomic mass is 19.4. The number of aromatic amines is 1. The van der Waals surface area contributed by atoms with Crippen molar-refractivity contribution in [2.75, 3.05) is 13.1 Å². The van der Waals surface area contributed by atoms with Gasteiger partial charge in [-0.2, -0.15) is 13.2 Å². The smallest absolute Gasteiger partial charge is 0.345 e. The molecule has 1 aromatic carbocycles. The summed E-state index contributed by atoms with van der Waals surface area (Å²) in [5.41, 5.74) is -1.21. The van der Waals surface area contributed by atoms with Crippen LogP contribution in [0.5, 0.6) is 0 Å². The Morgan fingerprint density at radius 1 is 1.08 bits per heavy atom. The lowest BCUT2D eigenvalue weighted by Crippen LogP contribution is -2.44. The summed E-state index contributed by atoms with van der Waals surface area (Å²) < 4.78 is 36.5. The van der Waals surface area contributed by atoms with Crippen molar-refractivity contribution in [2.24, 2.45) is 0 Å². The molecule has 3 N–H and O–H groups in total. The van der Waals surface area contributed by atoms with E-state index in [0.29, 0.717) is 10.1 Å². The van der Waals surface area contributed by atoms with Gasteiger partial charge in [-0.15, -0.1) is 0 Å². The second kappa shape index (κ2) is 7.20. The zero-order chi connectivity index (χ0) is 18.6. The highest BCUT2D eigenvalue weighted by Crippen LogP contribution is 2.11. The Morgan fingerprint density at radius 2 is 1.76 bits per heavy atom. The second-order valence-electron chi connectivity index (χ2n) is 5.04. The first kappa shape index (κ1) is 18.2. The number of carbonyl (C=O) groups excluding carboxylic acids is 2. The van der Waals surface area contributed by atoms with E-state index in [-0.39, 0.29) is 5.39 Å². The van der Waals surface area contributed by atoms with Crippen LogP contribution in [-0.2, 0) is 16.1 Å². The van der Waals surface area contributed by atoms with Gasteiger partial charge in [0.15, 0.2) is 0 Å². The Hall–Kier alpha value is -3.11. The average Bonchev–Trinajstić information content (AvgIpc) is 2.54. The van der Waals surface area contributed by atoms with Gasteiger partial charge < -0.3 is 15.6 Å². The second-order valence-corrected chi connectivity index (χ2v) is 5.04. The molecule has 0 saturated carbocycles. The van der Waals surface area contributed by atoms with E-state index in [2.05, 4.69) is 4.98 Å². The number of aromatic nitrogens is 2. The molecule has 0 fully saturated rings. The van der Waals surface area contributed by atoms with E-state index in [4.69, 9.17) is 0 Å². The fourth-order valence-corrected chi connectivity index (χ4v) is 1.98. The van der Waals surface area contributed by atoms with Gasteiger partial charge in [0.25, 0.3) is 5.56 Å². The fourth-order valence-electron chi connectivity index (χ4n) is 1.98. The molecule has 1 aromatic heterocycles. The van der Waals surface area contributed by atoms with Crippen LogP contribution in [0.4, 0.5) is 13.2 Å². The number of benzene rings is 1. The van der Waals surface area contributed by atoms with Crippen molar-refractivity contribution in [1.82, 2.24) is 20.2 Å². The van der Waals surface area contributed by atoms with Crippen LogP contribution in [0.3, 0.4) is 0 Å². The number of para-hydroxylation sites is 1. The van der Waals surface area contributed by atoms with E-state index >= 15 is 0 Å². The first-order chi connectivity index (χ1) is 11.7. The summed E-state index contributed by atoms with van der Waals surface area (Å²) >= 11 is 0. The molecular formula is C14H13F3N4O4. The van der Waals surface area contributed by atoms with E-state index < -0.39 is 48.9 Å². The van der Waals surface area contributed by atoms with Crippen LogP contribution in [0.15, 0.2) is 33.9 Å². The van der Waals surface area contributed by atoms with Crippen LogP contribution < -0.4 is 21.9 Å². The maximum Gasteiger partial charge on any atom is 0.405 e. The zero-order valence-corrected chi connectivity index (χ0v) is 12.6. The third kappa shape index (κ3) is 4.93. The number of fused-ring (bicyclic) bond motifs is 1. The van der Waals surface area contributed by atoms with Gasteiger partial charge in [-0.3, -0.25) is 19.0 Å². The Bertz CT molecular complexity index is 917. The molecule has 0 unspecified atom stereocenters. The Morgan fingerprint density at radius 3 is 2.44 bits per heavy atom. The number of alkyl halides is 3. The molecule has 11 heteroatoms.